The molecule has 35 heavy (non-hydrogen) atoms. The van der Waals surface area contributed by atoms with Crippen molar-refractivity contribution in [2.45, 2.75) is 51.7 Å². The lowest BCUT2D eigenvalue weighted by molar-refractivity contribution is -0.239. The van der Waals surface area contributed by atoms with Crippen molar-refractivity contribution < 1.29 is 33.3 Å². The van der Waals surface area contributed by atoms with Gasteiger partial charge in [0.1, 0.15) is 0 Å². The summed E-state index contributed by atoms with van der Waals surface area (Å²) in [5.41, 5.74) is 2.81. The van der Waals surface area contributed by atoms with Crippen LogP contribution in [0.4, 0.5) is 0 Å². The van der Waals surface area contributed by atoms with Gasteiger partial charge in [-0.1, -0.05) is 48.0 Å². The summed E-state index contributed by atoms with van der Waals surface area (Å²) in [7, 11) is 0. The van der Waals surface area contributed by atoms with Gasteiger partial charge in [-0.05, 0) is 29.7 Å². The van der Waals surface area contributed by atoms with Gasteiger partial charge >= 0.3 is 17.9 Å². The SMILES string of the molecule is CC(=O)O[C@@H]1[C@@H](OC(C)=O)[C@H](OC(C)=O)CO[C@H]1n1cc(Cc2ccccc2)c2c(Cl)cccc21. The van der Waals surface area contributed by atoms with Gasteiger partial charge in [0, 0.05) is 32.4 Å². The summed E-state index contributed by atoms with van der Waals surface area (Å²) in [6, 6.07) is 15.5. The summed E-state index contributed by atoms with van der Waals surface area (Å²) in [6.45, 7) is 3.68. The number of carbonyl (C=O) groups is 3. The zero-order valence-corrected chi connectivity index (χ0v) is 20.4. The summed E-state index contributed by atoms with van der Waals surface area (Å²) in [5.74, 6) is -1.77. The van der Waals surface area contributed by atoms with E-state index in [0.717, 1.165) is 22.0 Å². The molecule has 9 heteroatoms. The van der Waals surface area contributed by atoms with Gasteiger partial charge in [-0.15, -0.1) is 0 Å². The van der Waals surface area contributed by atoms with E-state index in [-0.39, 0.29) is 6.61 Å². The molecule has 0 aliphatic carbocycles. The van der Waals surface area contributed by atoms with Gasteiger partial charge in [0.2, 0.25) is 0 Å². The number of fused-ring (bicyclic) bond motifs is 1. The number of carbonyl (C=O) groups excluding carboxylic acids is 3. The van der Waals surface area contributed by atoms with Crippen LogP contribution in [0.3, 0.4) is 0 Å². The molecular formula is C26H26ClNO7. The van der Waals surface area contributed by atoms with Crippen molar-refractivity contribution in [2.75, 3.05) is 6.61 Å². The fraction of sp³-hybridized carbons (Fsp3) is 0.346. The zero-order chi connectivity index (χ0) is 25.1. The summed E-state index contributed by atoms with van der Waals surface area (Å²) < 4.78 is 24.3. The number of rotatable bonds is 6. The van der Waals surface area contributed by atoms with Crippen molar-refractivity contribution in [3.05, 3.63) is 70.9 Å². The smallest absolute Gasteiger partial charge is 0.303 e. The normalized spacial score (nSPS) is 21.9. The van der Waals surface area contributed by atoms with E-state index in [9.17, 15) is 14.4 Å². The number of halogens is 1. The monoisotopic (exact) mass is 499 g/mol. The highest BCUT2D eigenvalue weighted by Gasteiger charge is 2.48. The highest BCUT2D eigenvalue weighted by atomic mass is 35.5. The van der Waals surface area contributed by atoms with Gasteiger partial charge in [-0.25, -0.2) is 0 Å². The van der Waals surface area contributed by atoms with Crippen molar-refractivity contribution in [1.82, 2.24) is 4.57 Å². The molecular weight excluding hydrogens is 474 g/mol. The number of esters is 3. The molecule has 1 aliphatic heterocycles. The van der Waals surface area contributed by atoms with E-state index in [1.807, 2.05) is 59.3 Å². The van der Waals surface area contributed by atoms with Gasteiger partial charge < -0.3 is 23.5 Å². The molecule has 0 N–H and O–H groups in total. The van der Waals surface area contributed by atoms with Gasteiger partial charge in [0.05, 0.1) is 17.1 Å². The maximum Gasteiger partial charge on any atom is 0.303 e. The molecule has 0 bridgehead atoms. The summed E-state index contributed by atoms with van der Waals surface area (Å²) in [4.78, 5) is 35.6. The summed E-state index contributed by atoms with van der Waals surface area (Å²) in [5, 5.41) is 1.41. The van der Waals surface area contributed by atoms with Crippen LogP contribution in [0.5, 0.6) is 0 Å². The second-order valence-corrected chi connectivity index (χ2v) is 8.79. The molecule has 0 unspecified atom stereocenters. The minimum Gasteiger partial charge on any atom is -0.456 e. The lowest BCUT2D eigenvalue weighted by Crippen LogP contribution is -2.55. The van der Waals surface area contributed by atoms with Crippen molar-refractivity contribution in [3.63, 3.8) is 0 Å². The molecule has 0 spiro atoms. The molecule has 2 aromatic carbocycles. The van der Waals surface area contributed by atoms with E-state index in [1.165, 1.54) is 20.8 Å². The fourth-order valence-corrected chi connectivity index (χ4v) is 4.76. The van der Waals surface area contributed by atoms with Crippen molar-refractivity contribution >= 4 is 40.4 Å². The molecule has 3 aromatic rings. The van der Waals surface area contributed by atoms with E-state index < -0.39 is 42.4 Å². The molecule has 4 rings (SSSR count). The maximum absolute atomic E-state index is 12.1. The Bertz CT molecular complexity index is 1240. The van der Waals surface area contributed by atoms with Crippen LogP contribution in [0.2, 0.25) is 5.02 Å². The van der Waals surface area contributed by atoms with Gasteiger partial charge in [-0.2, -0.15) is 0 Å². The fourth-order valence-electron chi connectivity index (χ4n) is 4.47. The maximum atomic E-state index is 12.1. The first-order valence-corrected chi connectivity index (χ1v) is 11.6. The average Bonchev–Trinajstić information content (AvgIpc) is 3.15. The zero-order valence-electron chi connectivity index (χ0n) is 19.6. The Morgan fingerprint density at radius 1 is 0.914 bits per heavy atom. The molecule has 4 atom stereocenters. The summed E-state index contributed by atoms with van der Waals surface area (Å²) >= 11 is 6.61. The largest absolute Gasteiger partial charge is 0.456 e. The summed E-state index contributed by atoms with van der Waals surface area (Å²) in [6.07, 6.45) is -1.42. The van der Waals surface area contributed by atoms with Crippen LogP contribution in [0.25, 0.3) is 10.9 Å². The topological polar surface area (TPSA) is 93.1 Å². The van der Waals surface area contributed by atoms with Gasteiger partial charge in [0.25, 0.3) is 0 Å². The van der Waals surface area contributed by atoms with Gasteiger partial charge in [0.15, 0.2) is 24.5 Å². The number of aromatic nitrogens is 1. The molecule has 0 amide bonds. The predicted octanol–water partition coefficient (Wildman–Crippen LogP) is 4.21. The van der Waals surface area contributed by atoms with Crippen LogP contribution in [0, 0.1) is 0 Å². The Balaban J connectivity index is 1.80. The van der Waals surface area contributed by atoms with Crippen LogP contribution >= 0.6 is 11.6 Å². The lowest BCUT2D eigenvalue weighted by Gasteiger charge is -2.41. The van der Waals surface area contributed by atoms with E-state index in [0.29, 0.717) is 11.4 Å². The average molecular weight is 500 g/mol. The van der Waals surface area contributed by atoms with Crippen LogP contribution in [0.1, 0.15) is 38.1 Å². The van der Waals surface area contributed by atoms with Crippen LogP contribution in [-0.4, -0.2) is 47.4 Å². The Labute approximate surface area is 207 Å². The molecule has 184 valence electrons. The third-order valence-corrected chi connectivity index (χ3v) is 6.04. The highest BCUT2D eigenvalue weighted by Crippen LogP contribution is 2.37. The standard InChI is InChI=1S/C26H26ClNO7/c1-15(29)33-22-14-32-26(25(35-17(3)31)24(22)34-16(2)30)28-13-19(12-18-8-5-4-6-9-18)23-20(27)10-7-11-21(23)28/h4-11,13,22,24-26H,12,14H2,1-3H3/t22-,24+,25-,26-/m1/s1. The van der Waals surface area contributed by atoms with Crippen molar-refractivity contribution in [2.24, 2.45) is 0 Å². The highest BCUT2D eigenvalue weighted by molar-refractivity contribution is 6.35. The molecule has 1 saturated heterocycles. The number of nitrogens with zero attached hydrogens (tertiary/aromatic N) is 1. The number of benzene rings is 2. The van der Waals surface area contributed by atoms with E-state index in [1.54, 1.807) is 0 Å². The Hall–Kier alpha value is -3.36. The minimum absolute atomic E-state index is 0.0613. The first kappa shape index (κ1) is 24.8. The predicted molar refractivity (Wildman–Crippen MR) is 128 cm³/mol. The third-order valence-electron chi connectivity index (χ3n) is 5.72. The lowest BCUT2D eigenvalue weighted by atomic mass is 10.0. The Kier molecular flexibility index (Phi) is 7.42. The molecule has 1 aliphatic rings. The van der Waals surface area contributed by atoms with E-state index >= 15 is 0 Å². The quantitative estimate of drug-likeness (QED) is 0.370. The van der Waals surface area contributed by atoms with Crippen LogP contribution in [0.15, 0.2) is 54.7 Å². The van der Waals surface area contributed by atoms with Crippen molar-refractivity contribution in [1.29, 1.82) is 0 Å². The second-order valence-electron chi connectivity index (χ2n) is 8.38. The second kappa shape index (κ2) is 10.5. The van der Waals surface area contributed by atoms with Crippen molar-refractivity contribution in [3.8, 4) is 0 Å². The van der Waals surface area contributed by atoms with Gasteiger partial charge in [-0.3, -0.25) is 14.4 Å². The molecule has 8 nitrogen and oxygen atoms in total. The molecule has 1 fully saturated rings. The molecule has 2 heterocycles. The first-order chi connectivity index (χ1) is 16.7. The van der Waals surface area contributed by atoms with Crippen LogP contribution in [-0.2, 0) is 39.8 Å². The molecule has 1 aromatic heterocycles. The molecule has 0 saturated carbocycles. The number of hydrogen-bond donors (Lipinski definition) is 0. The molecule has 0 radical (unpaired) electrons. The Morgan fingerprint density at radius 2 is 1.57 bits per heavy atom. The minimum atomic E-state index is -1.08. The van der Waals surface area contributed by atoms with E-state index in [4.69, 9.17) is 30.5 Å². The third kappa shape index (κ3) is 5.49. The number of ether oxygens (including phenoxy) is 4. The number of hydrogen-bond acceptors (Lipinski definition) is 7. The Morgan fingerprint density at radius 3 is 2.23 bits per heavy atom. The first-order valence-electron chi connectivity index (χ1n) is 11.2. The van der Waals surface area contributed by atoms with E-state index in [2.05, 4.69) is 0 Å². The van der Waals surface area contributed by atoms with Crippen LogP contribution < -0.4 is 0 Å².